The third kappa shape index (κ3) is 5.80. The molecule has 0 spiro atoms. The lowest BCUT2D eigenvalue weighted by Gasteiger charge is -2.15. The topological polar surface area (TPSA) is 73.1 Å². The molecular weight excluding hydrogens is 647 g/mol. The predicted octanol–water partition coefficient (Wildman–Crippen LogP) is 7.69. The first kappa shape index (κ1) is 25.3. The van der Waals surface area contributed by atoms with E-state index in [1.165, 1.54) is 5.39 Å². The number of ether oxygens (including phenoxy) is 2. The van der Waals surface area contributed by atoms with Crippen LogP contribution in [0.2, 0.25) is 0 Å². The number of furan rings is 1. The fraction of sp³-hybridized carbons (Fsp3) is 0.103. The number of hydrazone groups is 1. The van der Waals surface area contributed by atoms with Crippen molar-refractivity contribution in [3.05, 3.63) is 104 Å². The van der Waals surface area contributed by atoms with E-state index in [-0.39, 0.29) is 5.76 Å². The standard InChI is InChI=1S/C29H22BrIN2O4/c1-2-35-26-13-18(16-32-33-29(34)27-15-21-14-22(30)10-11-25(21)37-27)12-24(31)28(26)36-17-20-8-5-7-19-6-3-4-9-23(19)20/h3-16H,2,17H2,1H3,(H,33,34)/b32-16+. The first-order chi connectivity index (χ1) is 18.0. The van der Waals surface area contributed by atoms with E-state index in [2.05, 4.69) is 73.3 Å². The maximum absolute atomic E-state index is 12.5. The average molecular weight is 669 g/mol. The number of benzene rings is 4. The summed E-state index contributed by atoms with van der Waals surface area (Å²) in [5.74, 6) is 1.04. The lowest BCUT2D eigenvalue weighted by atomic mass is 10.1. The number of rotatable bonds is 8. The molecule has 0 atom stereocenters. The van der Waals surface area contributed by atoms with Crippen molar-refractivity contribution in [3.8, 4) is 11.5 Å². The lowest BCUT2D eigenvalue weighted by Crippen LogP contribution is -2.16. The molecule has 6 nitrogen and oxygen atoms in total. The van der Waals surface area contributed by atoms with E-state index in [1.54, 1.807) is 18.3 Å². The van der Waals surface area contributed by atoms with Gasteiger partial charge in [0, 0.05) is 9.86 Å². The lowest BCUT2D eigenvalue weighted by molar-refractivity contribution is 0.0929. The van der Waals surface area contributed by atoms with E-state index < -0.39 is 5.91 Å². The summed E-state index contributed by atoms with van der Waals surface area (Å²) in [6.07, 6.45) is 1.57. The Morgan fingerprint density at radius 2 is 1.86 bits per heavy atom. The summed E-state index contributed by atoms with van der Waals surface area (Å²) in [7, 11) is 0. The fourth-order valence-electron chi connectivity index (χ4n) is 3.98. The molecule has 1 amide bonds. The van der Waals surface area contributed by atoms with Gasteiger partial charge < -0.3 is 13.9 Å². The number of carbonyl (C=O) groups excluding carboxylic acids is 1. The van der Waals surface area contributed by atoms with Crippen LogP contribution in [-0.2, 0) is 6.61 Å². The molecule has 0 saturated heterocycles. The Balaban J connectivity index is 1.31. The van der Waals surface area contributed by atoms with Gasteiger partial charge >= 0.3 is 5.91 Å². The summed E-state index contributed by atoms with van der Waals surface area (Å²) < 4.78 is 19.5. The highest BCUT2D eigenvalue weighted by molar-refractivity contribution is 14.1. The molecule has 4 aromatic carbocycles. The highest BCUT2D eigenvalue weighted by Crippen LogP contribution is 2.35. The van der Waals surface area contributed by atoms with Crippen LogP contribution >= 0.6 is 38.5 Å². The number of hydrogen-bond donors (Lipinski definition) is 1. The van der Waals surface area contributed by atoms with Crippen molar-refractivity contribution in [2.75, 3.05) is 6.61 Å². The molecule has 8 heteroatoms. The summed E-state index contributed by atoms with van der Waals surface area (Å²) in [5, 5.41) is 7.28. The van der Waals surface area contributed by atoms with Crippen LogP contribution in [0, 0.1) is 3.57 Å². The maximum atomic E-state index is 12.5. The second-order valence-corrected chi connectivity index (χ2v) is 10.3. The average Bonchev–Trinajstić information content (AvgIpc) is 3.32. The zero-order valence-corrected chi connectivity index (χ0v) is 23.6. The Bertz CT molecular complexity index is 1620. The number of amides is 1. The van der Waals surface area contributed by atoms with Crippen LogP contribution in [0.4, 0.5) is 0 Å². The van der Waals surface area contributed by atoms with Crippen molar-refractivity contribution in [1.29, 1.82) is 0 Å². The second-order valence-electron chi connectivity index (χ2n) is 8.18. The van der Waals surface area contributed by atoms with E-state index in [1.807, 2.05) is 49.4 Å². The maximum Gasteiger partial charge on any atom is 0.307 e. The van der Waals surface area contributed by atoms with Crippen LogP contribution in [-0.4, -0.2) is 18.7 Å². The minimum Gasteiger partial charge on any atom is -0.490 e. The van der Waals surface area contributed by atoms with Gasteiger partial charge in [0.15, 0.2) is 17.3 Å². The minimum atomic E-state index is -0.432. The number of nitrogens with zero attached hydrogens (tertiary/aromatic N) is 1. The number of fused-ring (bicyclic) bond motifs is 2. The monoisotopic (exact) mass is 668 g/mol. The molecule has 0 fully saturated rings. The molecule has 0 aliphatic carbocycles. The fourth-order valence-corrected chi connectivity index (χ4v) is 5.14. The zero-order valence-electron chi connectivity index (χ0n) is 19.8. The molecule has 0 aliphatic rings. The molecule has 186 valence electrons. The number of halogens is 2. The summed E-state index contributed by atoms with van der Waals surface area (Å²) in [4.78, 5) is 12.5. The Morgan fingerprint density at radius 1 is 1.03 bits per heavy atom. The van der Waals surface area contributed by atoms with Gasteiger partial charge in [0.25, 0.3) is 0 Å². The third-order valence-corrected chi connectivity index (χ3v) is 6.96. The Labute approximate surface area is 235 Å². The molecular formula is C29H22BrIN2O4. The Kier molecular flexibility index (Phi) is 7.76. The van der Waals surface area contributed by atoms with Crippen LogP contribution in [0.3, 0.4) is 0 Å². The van der Waals surface area contributed by atoms with E-state index >= 15 is 0 Å². The normalized spacial score (nSPS) is 11.3. The van der Waals surface area contributed by atoms with Crippen LogP contribution in [0.15, 0.2) is 92.9 Å². The van der Waals surface area contributed by atoms with Gasteiger partial charge in [-0.25, -0.2) is 5.43 Å². The summed E-state index contributed by atoms with van der Waals surface area (Å²) >= 11 is 5.64. The Morgan fingerprint density at radius 3 is 2.73 bits per heavy atom. The number of hydrogen-bond acceptors (Lipinski definition) is 5. The summed E-state index contributed by atoms with van der Waals surface area (Å²) in [6.45, 7) is 2.82. The molecule has 0 radical (unpaired) electrons. The van der Waals surface area contributed by atoms with Gasteiger partial charge in [-0.1, -0.05) is 58.4 Å². The van der Waals surface area contributed by atoms with E-state index in [0.29, 0.717) is 30.3 Å². The van der Waals surface area contributed by atoms with Crippen LogP contribution in [0.1, 0.15) is 28.6 Å². The van der Waals surface area contributed by atoms with Crippen LogP contribution in [0.5, 0.6) is 11.5 Å². The zero-order chi connectivity index (χ0) is 25.8. The van der Waals surface area contributed by atoms with Crippen molar-refractivity contribution >= 4 is 72.4 Å². The van der Waals surface area contributed by atoms with Crippen molar-refractivity contribution in [2.45, 2.75) is 13.5 Å². The van der Waals surface area contributed by atoms with Crippen molar-refractivity contribution in [1.82, 2.24) is 5.43 Å². The van der Waals surface area contributed by atoms with E-state index in [0.717, 1.165) is 29.9 Å². The van der Waals surface area contributed by atoms with Crippen LogP contribution < -0.4 is 14.9 Å². The third-order valence-electron chi connectivity index (χ3n) is 5.67. The Hall–Kier alpha value is -3.37. The highest BCUT2D eigenvalue weighted by atomic mass is 127. The summed E-state index contributed by atoms with van der Waals surface area (Å²) in [5.41, 5.74) is 5.02. The minimum absolute atomic E-state index is 0.187. The smallest absolute Gasteiger partial charge is 0.307 e. The predicted molar refractivity (Wildman–Crippen MR) is 158 cm³/mol. The quantitative estimate of drug-likeness (QED) is 0.105. The van der Waals surface area contributed by atoms with Gasteiger partial charge in [-0.3, -0.25) is 4.79 Å². The SMILES string of the molecule is CCOc1cc(/C=N/NC(=O)c2cc3cc(Br)ccc3o2)cc(I)c1OCc1cccc2ccccc12. The molecule has 0 saturated carbocycles. The molecule has 0 unspecified atom stereocenters. The number of nitrogens with one attached hydrogen (secondary N) is 1. The van der Waals surface area contributed by atoms with Gasteiger partial charge in [-0.2, -0.15) is 5.10 Å². The second kappa shape index (κ2) is 11.4. The number of carbonyl (C=O) groups is 1. The van der Waals surface area contributed by atoms with Gasteiger partial charge in [-0.05, 0) is 87.8 Å². The van der Waals surface area contributed by atoms with Crippen molar-refractivity contribution < 1.29 is 18.7 Å². The van der Waals surface area contributed by atoms with E-state index in [9.17, 15) is 4.79 Å². The molecule has 1 heterocycles. The molecule has 37 heavy (non-hydrogen) atoms. The van der Waals surface area contributed by atoms with Crippen molar-refractivity contribution in [3.63, 3.8) is 0 Å². The van der Waals surface area contributed by atoms with E-state index in [4.69, 9.17) is 13.9 Å². The molecule has 5 aromatic rings. The van der Waals surface area contributed by atoms with Crippen LogP contribution in [0.25, 0.3) is 21.7 Å². The largest absolute Gasteiger partial charge is 0.490 e. The molecule has 5 rings (SSSR count). The van der Waals surface area contributed by atoms with Crippen molar-refractivity contribution in [2.24, 2.45) is 5.10 Å². The molecule has 1 aromatic heterocycles. The first-order valence-electron chi connectivity index (χ1n) is 11.6. The van der Waals surface area contributed by atoms with Gasteiger partial charge in [0.1, 0.15) is 12.2 Å². The van der Waals surface area contributed by atoms with Gasteiger partial charge in [-0.15, -0.1) is 0 Å². The van der Waals surface area contributed by atoms with Gasteiger partial charge in [0.05, 0.1) is 16.4 Å². The first-order valence-corrected chi connectivity index (χ1v) is 13.5. The molecule has 0 aliphatic heterocycles. The molecule has 1 N–H and O–H groups in total. The van der Waals surface area contributed by atoms with Gasteiger partial charge in [0.2, 0.25) is 0 Å². The molecule has 0 bridgehead atoms. The highest BCUT2D eigenvalue weighted by Gasteiger charge is 2.14. The summed E-state index contributed by atoms with van der Waals surface area (Å²) in [6, 6.07) is 25.5.